The normalized spacial score (nSPS) is 14.9. The number of carbonyl (C=O) groups excluding carboxylic acids is 1. The second-order valence-corrected chi connectivity index (χ2v) is 10.5. The second-order valence-electron chi connectivity index (χ2n) is 7.47. The molecule has 1 amide bonds. The van der Waals surface area contributed by atoms with Crippen LogP contribution in [0.15, 0.2) is 53.4 Å². The molecule has 1 aliphatic rings. The Morgan fingerprint density at radius 2 is 1.87 bits per heavy atom. The van der Waals surface area contributed by atoms with Gasteiger partial charge in [-0.2, -0.15) is 4.31 Å². The molecule has 158 valence electrons. The van der Waals surface area contributed by atoms with Gasteiger partial charge in [0.15, 0.2) is 0 Å². The molecule has 1 fully saturated rings. The number of benzene rings is 2. The molecule has 30 heavy (non-hydrogen) atoms. The lowest BCUT2D eigenvalue weighted by atomic mass is 10.2. The molecule has 3 aromatic rings. The molecule has 0 aliphatic carbocycles. The van der Waals surface area contributed by atoms with Crippen molar-refractivity contribution in [3.63, 3.8) is 0 Å². The van der Waals surface area contributed by atoms with E-state index in [4.69, 9.17) is 0 Å². The van der Waals surface area contributed by atoms with Gasteiger partial charge in [-0.15, -0.1) is 11.3 Å². The number of nitrogens with zero attached hydrogens (tertiary/aromatic N) is 2. The molecule has 1 aliphatic heterocycles. The Morgan fingerprint density at radius 3 is 2.67 bits per heavy atom. The van der Waals surface area contributed by atoms with E-state index in [-0.39, 0.29) is 10.8 Å². The number of aromatic nitrogens is 1. The van der Waals surface area contributed by atoms with Gasteiger partial charge in [0.25, 0.3) is 0 Å². The van der Waals surface area contributed by atoms with Crippen LogP contribution in [-0.4, -0.2) is 36.7 Å². The van der Waals surface area contributed by atoms with Gasteiger partial charge in [-0.05, 0) is 62.4 Å². The number of nitrogens with one attached hydrogen (secondary N) is 1. The second kappa shape index (κ2) is 9.24. The number of anilines is 1. The number of amides is 1. The SMILES string of the molecule is O=C(CCCCc1nc2ccccc2s1)Nc1cccc(S(=O)(=O)N2CCCC2)c1. The first-order valence-electron chi connectivity index (χ1n) is 10.3. The molecule has 2 heterocycles. The van der Waals surface area contributed by atoms with E-state index in [0.29, 0.717) is 25.2 Å². The van der Waals surface area contributed by atoms with Crippen LogP contribution in [0, 0.1) is 0 Å². The maximum atomic E-state index is 12.7. The number of hydrogen-bond acceptors (Lipinski definition) is 5. The minimum atomic E-state index is -3.48. The predicted molar refractivity (Wildman–Crippen MR) is 120 cm³/mol. The summed E-state index contributed by atoms with van der Waals surface area (Å²) in [5.41, 5.74) is 1.55. The highest BCUT2D eigenvalue weighted by atomic mass is 32.2. The molecule has 0 radical (unpaired) electrons. The molecule has 0 spiro atoms. The molecular formula is C22H25N3O3S2. The fourth-order valence-electron chi connectivity index (χ4n) is 3.62. The maximum absolute atomic E-state index is 12.7. The van der Waals surface area contributed by atoms with Crippen LogP contribution in [0.1, 0.15) is 37.1 Å². The largest absolute Gasteiger partial charge is 0.326 e. The Hall–Kier alpha value is -2.29. The van der Waals surface area contributed by atoms with Gasteiger partial charge in [-0.1, -0.05) is 18.2 Å². The topological polar surface area (TPSA) is 79.4 Å². The van der Waals surface area contributed by atoms with Gasteiger partial charge in [0.2, 0.25) is 15.9 Å². The van der Waals surface area contributed by atoms with Gasteiger partial charge in [0.1, 0.15) is 0 Å². The maximum Gasteiger partial charge on any atom is 0.243 e. The molecule has 0 bridgehead atoms. The summed E-state index contributed by atoms with van der Waals surface area (Å²) in [7, 11) is -3.48. The van der Waals surface area contributed by atoms with Crippen molar-refractivity contribution in [2.45, 2.75) is 43.4 Å². The number of fused-ring (bicyclic) bond motifs is 1. The third-order valence-electron chi connectivity index (χ3n) is 5.20. The van der Waals surface area contributed by atoms with Crippen LogP contribution in [0.25, 0.3) is 10.2 Å². The predicted octanol–water partition coefficient (Wildman–Crippen LogP) is 4.43. The molecule has 4 rings (SSSR count). The Kier molecular flexibility index (Phi) is 6.46. The minimum absolute atomic E-state index is 0.102. The van der Waals surface area contributed by atoms with E-state index in [0.717, 1.165) is 42.6 Å². The van der Waals surface area contributed by atoms with E-state index in [1.165, 1.54) is 9.01 Å². The molecule has 1 aromatic heterocycles. The van der Waals surface area contributed by atoms with Crippen LogP contribution >= 0.6 is 11.3 Å². The van der Waals surface area contributed by atoms with E-state index in [2.05, 4.69) is 16.4 Å². The van der Waals surface area contributed by atoms with Crippen molar-refractivity contribution in [2.75, 3.05) is 18.4 Å². The van der Waals surface area contributed by atoms with Crippen molar-refractivity contribution in [1.29, 1.82) is 0 Å². The summed E-state index contributed by atoms with van der Waals surface area (Å²) in [5.74, 6) is -0.102. The van der Waals surface area contributed by atoms with E-state index >= 15 is 0 Å². The Bertz CT molecular complexity index is 1100. The summed E-state index contributed by atoms with van der Waals surface area (Å²) in [5, 5.41) is 3.92. The molecule has 1 saturated heterocycles. The summed E-state index contributed by atoms with van der Waals surface area (Å²) in [4.78, 5) is 17.2. The van der Waals surface area contributed by atoms with Gasteiger partial charge >= 0.3 is 0 Å². The number of para-hydroxylation sites is 1. The summed E-state index contributed by atoms with van der Waals surface area (Å²) in [6, 6.07) is 14.6. The Balaban J connectivity index is 1.27. The monoisotopic (exact) mass is 443 g/mol. The summed E-state index contributed by atoms with van der Waals surface area (Å²) in [6.07, 6.45) is 4.69. The fourth-order valence-corrected chi connectivity index (χ4v) is 6.20. The minimum Gasteiger partial charge on any atom is -0.326 e. The lowest BCUT2D eigenvalue weighted by Gasteiger charge is -2.16. The zero-order valence-corrected chi connectivity index (χ0v) is 18.3. The molecule has 0 saturated carbocycles. The van der Waals surface area contributed by atoms with Crippen molar-refractivity contribution in [2.24, 2.45) is 0 Å². The third kappa shape index (κ3) is 4.88. The van der Waals surface area contributed by atoms with E-state index < -0.39 is 10.0 Å². The number of aryl methyl sites for hydroxylation is 1. The quantitative estimate of drug-likeness (QED) is 0.522. The summed E-state index contributed by atoms with van der Waals surface area (Å²) >= 11 is 1.70. The molecule has 6 nitrogen and oxygen atoms in total. The fraction of sp³-hybridized carbons (Fsp3) is 0.364. The number of rotatable bonds is 8. The van der Waals surface area contributed by atoms with Crippen LogP contribution in [0.3, 0.4) is 0 Å². The molecule has 0 unspecified atom stereocenters. The van der Waals surface area contributed by atoms with Crippen LogP contribution in [0.5, 0.6) is 0 Å². The summed E-state index contributed by atoms with van der Waals surface area (Å²) < 4.78 is 28.1. The average molecular weight is 444 g/mol. The number of unbranched alkanes of at least 4 members (excludes halogenated alkanes) is 1. The van der Waals surface area contributed by atoms with Crippen LogP contribution in [0.2, 0.25) is 0 Å². The van der Waals surface area contributed by atoms with E-state index in [9.17, 15) is 13.2 Å². The van der Waals surface area contributed by atoms with Crippen molar-refractivity contribution in [1.82, 2.24) is 9.29 Å². The highest BCUT2D eigenvalue weighted by molar-refractivity contribution is 7.89. The highest BCUT2D eigenvalue weighted by Crippen LogP contribution is 2.24. The van der Waals surface area contributed by atoms with Gasteiger partial charge in [0, 0.05) is 25.2 Å². The van der Waals surface area contributed by atoms with Gasteiger partial charge in [0.05, 0.1) is 20.1 Å². The number of sulfonamides is 1. The smallest absolute Gasteiger partial charge is 0.243 e. The van der Waals surface area contributed by atoms with Crippen LogP contribution in [0.4, 0.5) is 5.69 Å². The summed E-state index contributed by atoms with van der Waals surface area (Å²) in [6.45, 7) is 1.13. The molecule has 0 atom stereocenters. The van der Waals surface area contributed by atoms with Crippen molar-refractivity contribution < 1.29 is 13.2 Å². The molecule has 8 heteroatoms. The number of thiazole rings is 1. The van der Waals surface area contributed by atoms with E-state index in [1.807, 2.05) is 18.2 Å². The average Bonchev–Trinajstić information content (AvgIpc) is 3.41. The van der Waals surface area contributed by atoms with Crippen LogP contribution < -0.4 is 5.32 Å². The lowest BCUT2D eigenvalue weighted by molar-refractivity contribution is -0.116. The number of carbonyl (C=O) groups is 1. The van der Waals surface area contributed by atoms with Crippen molar-refractivity contribution >= 4 is 43.2 Å². The Labute approximate surface area is 181 Å². The van der Waals surface area contributed by atoms with Gasteiger partial charge in [-0.3, -0.25) is 4.79 Å². The molecular weight excluding hydrogens is 418 g/mol. The number of hydrogen-bond donors (Lipinski definition) is 1. The highest BCUT2D eigenvalue weighted by Gasteiger charge is 2.27. The standard InChI is InChI=1S/C22H25N3O3S2/c26-21(12-3-4-13-22-24-19-10-1-2-11-20(19)29-22)23-17-8-7-9-18(16-17)30(27,28)25-14-5-6-15-25/h1-2,7-11,16H,3-6,12-15H2,(H,23,26). The van der Waals surface area contributed by atoms with Crippen molar-refractivity contribution in [3.05, 3.63) is 53.5 Å². The van der Waals surface area contributed by atoms with Gasteiger partial charge in [-0.25, -0.2) is 13.4 Å². The zero-order valence-electron chi connectivity index (χ0n) is 16.7. The third-order valence-corrected chi connectivity index (χ3v) is 8.19. The van der Waals surface area contributed by atoms with Gasteiger partial charge < -0.3 is 5.32 Å². The van der Waals surface area contributed by atoms with Crippen molar-refractivity contribution in [3.8, 4) is 0 Å². The zero-order chi connectivity index (χ0) is 21.0. The lowest BCUT2D eigenvalue weighted by Crippen LogP contribution is -2.27. The molecule has 2 aromatic carbocycles. The first-order valence-corrected chi connectivity index (χ1v) is 12.5. The molecule has 1 N–H and O–H groups in total. The first-order chi connectivity index (χ1) is 14.5. The first kappa shape index (κ1) is 21.0. The van der Waals surface area contributed by atoms with Crippen LogP contribution in [-0.2, 0) is 21.2 Å². The Morgan fingerprint density at radius 1 is 1.07 bits per heavy atom. The van der Waals surface area contributed by atoms with E-state index in [1.54, 1.807) is 35.6 Å².